The molecule has 0 amide bonds. The maximum atomic E-state index is 9.64. The smallest absolute Gasteiger partial charge is 0.197 e. The monoisotopic (exact) mass is 281 g/mol. The van der Waals surface area contributed by atoms with Gasteiger partial charge < -0.3 is 14.4 Å². The molecule has 2 aromatic heterocycles. The summed E-state index contributed by atoms with van der Waals surface area (Å²) in [5.41, 5.74) is 0.832. The van der Waals surface area contributed by atoms with Gasteiger partial charge in [-0.15, -0.1) is 0 Å². The van der Waals surface area contributed by atoms with Gasteiger partial charge in [-0.2, -0.15) is 0 Å². The Balaban J connectivity index is 1.71. The van der Waals surface area contributed by atoms with E-state index in [0.717, 1.165) is 29.8 Å². The summed E-state index contributed by atoms with van der Waals surface area (Å²) in [6, 6.07) is 11.7. The number of hydrogen-bond acceptors (Lipinski definition) is 5. The van der Waals surface area contributed by atoms with Gasteiger partial charge in [-0.25, -0.2) is 9.97 Å². The Morgan fingerprint density at radius 2 is 2.14 bits per heavy atom. The van der Waals surface area contributed by atoms with E-state index in [1.807, 2.05) is 36.4 Å². The van der Waals surface area contributed by atoms with Crippen molar-refractivity contribution in [2.75, 3.05) is 18.0 Å². The summed E-state index contributed by atoms with van der Waals surface area (Å²) in [5, 5.41) is 10.7. The highest BCUT2D eigenvalue weighted by Crippen LogP contribution is 2.27. The highest BCUT2D eigenvalue weighted by atomic mass is 16.3. The molecule has 5 heteroatoms. The van der Waals surface area contributed by atoms with Gasteiger partial charge in [0.25, 0.3) is 0 Å². The fourth-order valence-electron chi connectivity index (χ4n) is 2.69. The summed E-state index contributed by atoms with van der Waals surface area (Å²) in [6.07, 6.45) is 2.24. The number of aromatic nitrogens is 2. The normalized spacial score (nSPS) is 18.5. The van der Waals surface area contributed by atoms with Crippen molar-refractivity contribution < 1.29 is 9.52 Å². The van der Waals surface area contributed by atoms with E-state index in [1.54, 1.807) is 6.20 Å². The van der Waals surface area contributed by atoms with Crippen LogP contribution in [0.15, 0.2) is 47.0 Å². The molecule has 3 aromatic rings. The van der Waals surface area contributed by atoms with Crippen molar-refractivity contribution in [3.8, 4) is 11.6 Å². The molecule has 4 rings (SSSR count). The Bertz CT molecular complexity index is 751. The maximum Gasteiger partial charge on any atom is 0.197 e. The van der Waals surface area contributed by atoms with E-state index in [0.29, 0.717) is 18.1 Å². The first kappa shape index (κ1) is 12.3. The van der Waals surface area contributed by atoms with Crippen LogP contribution in [0.1, 0.15) is 6.42 Å². The van der Waals surface area contributed by atoms with Crippen LogP contribution in [-0.2, 0) is 0 Å². The number of anilines is 1. The first-order valence-electron chi connectivity index (χ1n) is 7.04. The van der Waals surface area contributed by atoms with Gasteiger partial charge in [-0.05, 0) is 24.6 Å². The number of para-hydroxylation sites is 1. The van der Waals surface area contributed by atoms with Gasteiger partial charge in [-0.3, -0.25) is 0 Å². The van der Waals surface area contributed by atoms with E-state index >= 15 is 0 Å². The van der Waals surface area contributed by atoms with Crippen LogP contribution in [0.2, 0.25) is 0 Å². The van der Waals surface area contributed by atoms with Gasteiger partial charge in [0.2, 0.25) is 0 Å². The fraction of sp³-hybridized carbons (Fsp3) is 0.250. The van der Waals surface area contributed by atoms with Crippen molar-refractivity contribution in [3.05, 3.63) is 42.6 Å². The van der Waals surface area contributed by atoms with Gasteiger partial charge in [0.1, 0.15) is 11.4 Å². The first-order valence-corrected chi connectivity index (χ1v) is 7.04. The Hall–Kier alpha value is -2.40. The van der Waals surface area contributed by atoms with E-state index in [1.165, 1.54) is 0 Å². The van der Waals surface area contributed by atoms with E-state index in [9.17, 15) is 5.11 Å². The van der Waals surface area contributed by atoms with Crippen LogP contribution in [0.3, 0.4) is 0 Å². The van der Waals surface area contributed by atoms with E-state index in [-0.39, 0.29) is 6.10 Å². The zero-order chi connectivity index (χ0) is 14.2. The van der Waals surface area contributed by atoms with Crippen LogP contribution in [0.25, 0.3) is 22.6 Å². The van der Waals surface area contributed by atoms with Gasteiger partial charge in [0, 0.05) is 24.7 Å². The van der Waals surface area contributed by atoms with Crippen molar-refractivity contribution in [2.24, 2.45) is 0 Å². The second-order valence-corrected chi connectivity index (χ2v) is 5.28. The molecular formula is C16H15N3O2. The van der Waals surface area contributed by atoms with E-state index < -0.39 is 0 Å². The van der Waals surface area contributed by atoms with Gasteiger partial charge in [0.15, 0.2) is 11.6 Å². The molecule has 0 spiro atoms. The second kappa shape index (κ2) is 4.86. The number of hydrogen-bond donors (Lipinski definition) is 1. The molecule has 1 N–H and O–H groups in total. The average Bonchev–Trinajstić information content (AvgIpc) is 3.13. The third-order valence-corrected chi connectivity index (χ3v) is 3.77. The summed E-state index contributed by atoms with van der Waals surface area (Å²) in [5.74, 6) is 2.07. The standard InChI is InChI=1S/C16H15N3O2/c20-12-6-8-19(10-12)15-5-7-17-16(18-15)14-9-11-3-1-2-4-13(11)21-14/h1-5,7,9,12,20H,6,8,10H2/t12-/m0/s1. The summed E-state index contributed by atoms with van der Waals surface area (Å²) >= 11 is 0. The third kappa shape index (κ3) is 2.25. The number of aliphatic hydroxyl groups excluding tert-OH is 1. The lowest BCUT2D eigenvalue weighted by atomic mass is 10.2. The van der Waals surface area contributed by atoms with Gasteiger partial charge in [-0.1, -0.05) is 18.2 Å². The number of rotatable bonds is 2. The molecule has 5 nitrogen and oxygen atoms in total. The van der Waals surface area contributed by atoms with Crippen molar-refractivity contribution in [1.29, 1.82) is 0 Å². The lowest BCUT2D eigenvalue weighted by Crippen LogP contribution is -2.22. The average molecular weight is 281 g/mol. The Morgan fingerprint density at radius 3 is 2.95 bits per heavy atom. The highest BCUT2D eigenvalue weighted by Gasteiger charge is 2.22. The molecule has 1 atom stereocenters. The summed E-state index contributed by atoms with van der Waals surface area (Å²) in [4.78, 5) is 10.9. The largest absolute Gasteiger partial charge is 0.453 e. The molecule has 0 aliphatic carbocycles. The zero-order valence-corrected chi connectivity index (χ0v) is 11.4. The van der Waals surface area contributed by atoms with Gasteiger partial charge >= 0.3 is 0 Å². The van der Waals surface area contributed by atoms with Crippen LogP contribution >= 0.6 is 0 Å². The molecule has 0 bridgehead atoms. The summed E-state index contributed by atoms with van der Waals surface area (Å²) in [6.45, 7) is 1.44. The van der Waals surface area contributed by atoms with Crippen molar-refractivity contribution >= 4 is 16.8 Å². The maximum absolute atomic E-state index is 9.64. The predicted molar refractivity (Wildman–Crippen MR) is 80.1 cm³/mol. The van der Waals surface area contributed by atoms with Crippen molar-refractivity contribution in [2.45, 2.75) is 12.5 Å². The molecule has 1 saturated heterocycles. The van der Waals surface area contributed by atoms with E-state index in [2.05, 4.69) is 14.9 Å². The molecular weight excluding hydrogens is 266 g/mol. The quantitative estimate of drug-likeness (QED) is 0.781. The second-order valence-electron chi connectivity index (χ2n) is 5.28. The predicted octanol–water partition coefficient (Wildman–Crippen LogP) is 2.46. The number of aliphatic hydroxyl groups is 1. The molecule has 3 heterocycles. The molecule has 0 saturated carbocycles. The number of fused-ring (bicyclic) bond motifs is 1. The van der Waals surface area contributed by atoms with Crippen LogP contribution in [-0.4, -0.2) is 34.3 Å². The van der Waals surface area contributed by atoms with Crippen LogP contribution < -0.4 is 4.90 Å². The topological polar surface area (TPSA) is 62.4 Å². The fourth-order valence-corrected chi connectivity index (χ4v) is 2.69. The molecule has 1 aliphatic rings. The molecule has 1 aliphatic heterocycles. The Kier molecular flexibility index (Phi) is 2.86. The minimum absolute atomic E-state index is 0.269. The minimum Gasteiger partial charge on any atom is -0.453 e. The lowest BCUT2D eigenvalue weighted by Gasteiger charge is -2.16. The molecule has 21 heavy (non-hydrogen) atoms. The van der Waals surface area contributed by atoms with Gasteiger partial charge in [0.05, 0.1) is 6.10 Å². The number of nitrogens with zero attached hydrogens (tertiary/aromatic N) is 3. The number of benzene rings is 1. The Morgan fingerprint density at radius 1 is 1.24 bits per heavy atom. The zero-order valence-electron chi connectivity index (χ0n) is 11.4. The molecule has 1 fully saturated rings. The number of β-amino-alcohol motifs (C(OH)–C–C–N with tert-alkyl or cyclic N) is 1. The van der Waals surface area contributed by atoms with Crippen molar-refractivity contribution in [1.82, 2.24) is 9.97 Å². The SMILES string of the molecule is O[C@H]1CCN(c2ccnc(-c3cc4ccccc4o3)n2)C1. The summed E-state index contributed by atoms with van der Waals surface area (Å²) in [7, 11) is 0. The summed E-state index contributed by atoms with van der Waals surface area (Å²) < 4.78 is 5.80. The lowest BCUT2D eigenvalue weighted by molar-refractivity contribution is 0.198. The highest BCUT2D eigenvalue weighted by molar-refractivity contribution is 5.81. The molecule has 106 valence electrons. The van der Waals surface area contributed by atoms with Crippen LogP contribution in [0.4, 0.5) is 5.82 Å². The van der Waals surface area contributed by atoms with E-state index in [4.69, 9.17) is 4.42 Å². The molecule has 0 radical (unpaired) electrons. The Labute approximate surface area is 121 Å². The molecule has 0 unspecified atom stereocenters. The number of furan rings is 1. The molecule has 1 aromatic carbocycles. The minimum atomic E-state index is -0.269. The van der Waals surface area contributed by atoms with Crippen LogP contribution in [0, 0.1) is 0 Å². The van der Waals surface area contributed by atoms with Crippen LogP contribution in [0.5, 0.6) is 0 Å². The third-order valence-electron chi connectivity index (χ3n) is 3.77. The van der Waals surface area contributed by atoms with Crippen molar-refractivity contribution in [3.63, 3.8) is 0 Å². The first-order chi connectivity index (χ1) is 10.3.